The number of hydrogen-bond acceptors (Lipinski definition) is 3. The molecule has 114 valence electrons. The van der Waals surface area contributed by atoms with Gasteiger partial charge in [-0.1, -0.05) is 19.3 Å². The summed E-state index contributed by atoms with van der Waals surface area (Å²) in [5.41, 5.74) is 0.337. The molecule has 4 heteroatoms. The molecule has 4 nitrogen and oxygen atoms in total. The lowest BCUT2D eigenvalue weighted by Gasteiger charge is -2.47. The van der Waals surface area contributed by atoms with Gasteiger partial charge in [-0.2, -0.15) is 0 Å². The standard InChI is InChI=1S/C16H28N2O2/c1-13-11-20-15(19)18(13)12-16(7-9-17-10-8-16)14-5-3-2-4-6-14/h13-14,17H,2-12H2,1H3. The number of amides is 1. The molecule has 0 aromatic rings. The van der Waals surface area contributed by atoms with E-state index in [1.807, 2.05) is 4.90 Å². The third-order valence-corrected chi connectivity index (χ3v) is 5.77. The minimum absolute atomic E-state index is 0.0915. The van der Waals surface area contributed by atoms with E-state index < -0.39 is 0 Å². The fourth-order valence-electron chi connectivity index (χ4n) is 4.44. The van der Waals surface area contributed by atoms with Gasteiger partial charge in [0.2, 0.25) is 0 Å². The van der Waals surface area contributed by atoms with E-state index in [1.165, 1.54) is 44.9 Å². The predicted molar refractivity (Wildman–Crippen MR) is 78.6 cm³/mol. The Labute approximate surface area is 122 Å². The average molecular weight is 280 g/mol. The van der Waals surface area contributed by atoms with Gasteiger partial charge in [0.1, 0.15) is 6.61 Å². The van der Waals surface area contributed by atoms with Crippen molar-refractivity contribution in [3.63, 3.8) is 0 Å². The van der Waals surface area contributed by atoms with Gasteiger partial charge < -0.3 is 15.0 Å². The van der Waals surface area contributed by atoms with Crippen LogP contribution in [0, 0.1) is 11.3 Å². The lowest BCUT2D eigenvalue weighted by Crippen LogP contribution is -2.51. The number of carbonyl (C=O) groups is 1. The van der Waals surface area contributed by atoms with E-state index >= 15 is 0 Å². The number of hydrogen-bond donors (Lipinski definition) is 1. The van der Waals surface area contributed by atoms with Crippen molar-refractivity contribution in [1.29, 1.82) is 0 Å². The Morgan fingerprint density at radius 2 is 1.95 bits per heavy atom. The third kappa shape index (κ3) is 2.67. The number of ether oxygens (including phenoxy) is 1. The zero-order chi connectivity index (χ0) is 14.0. The normalized spacial score (nSPS) is 31.4. The number of cyclic esters (lactones) is 1. The largest absolute Gasteiger partial charge is 0.447 e. The van der Waals surface area contributed by atoms with Crippen molar-refractivity contribution in [2.45, 2.75) is 57.9 Å². The van der Waals surface area contributed by atoms with Crippen LogP contribution in [0.4, 0.5) is 4.79 Å². The van der Waals surface area contributed by atoms with Crippen molar-refractivity contribution in [2.24, 2.45) is 11.3 Å². The highest BCUT2D eigenvalue weighted by Gasteiger charge is 2.44. The van der Waals surface area contributed by atoms with Crippen molar-refractivity contribution in [3.8, 4) is 0 Å². The molecule has 20 heavy (non-hydrogen) atoms. The molecule has 1 amide bonds. The molecular formula is C16H28N2O2. The van der Waals surface area contributed by atoms with E-state index in [4.69, 9.17) is 4.74 Å². The fraction of sp³-hybridized carbons (Fsp3) is 0.938. The molecule has 0 aromatic carbocycles. The average Bonchev–Trinajstić information content (AvgIpc) is 2.81. The van der Waals surface area contributed by atoms with E-state index in [0.29, 0.717) is 12.0 Å². The molecule has 0 aromatic heterocycles. The molecule has 0 spiro atoms. The first-order chi connectivity index (χ1) is 9.71. The molecule has 1 aliphatic carbocycles. The maximum Gasteiger partial charge on any atom is 0.410 e. The van der Waals surface area contributed by atoms with Crippen LogP contribution in [0.3, 0.4) is 0 Å². The van der Waals surface area contributed by atoms with Gasteiger partial charge in [-0.05, 0) is 57.0 Å². The molecule has 2 aliphatic heterocycles. The molecule has 2 heterocycles. The lowest BCUT2D eigenvalue weighted by atomic mass is 9.63. The fourth-order valence-corrected chi connectivity index (χ4v) is 4.44. The second-order valence-corrected chi connectivity index (χ2v) is 7.00. The first-order valence-electron chi connectivity index (χ1n) is 8.35. The highest BCUT2D eigenvalue weighted by atomic mass is 16.6. The van der Waals surface area contributed by atoms with Gasteiger partial charge >= 0.3 is 6.09 Å². The van der Waals surface area contributed by atoms with Crippen LogP contribution in [0.15, 0.2) is 0 Å². The Bertz CT molecular complexity index is 346. The Morgan fingerprint density at radius 1 is 1.25 bits per heavy atom. The van der Waals surface area contributed by atoms with E-state index in [-0.39, 0.29) is 12.1 Å². The summed E-state index contributed by atoms with van der Waals surface area (Å²) in [5.74, 6) is 0.805. The maximum absolute atomic E-state index is 12.0. The van der Waals surface area contributed by atoms with Crippen LogP contribution in [-0.4, -0.2) is 43.3 Å². The van der Waals surface area contributed by atoms with Crippen LogP contribution in [-0.2, 0) is 4.74 Å². The summed E-state index contributed by atoms with van der Waals surface area (Å²) in [6, 6.07) is 0.248. The lowest BCUT2D eigenvalue weighted by molar-refractivity contribution is 0.0377. The number of nitrogens with zero attached hydrogens (tertiary/aromatic N) is 1. The van der Waals surface area contributed by atoms with Crippen LogP contribution in [0.25, 0.3) is 0 Å². The summed E-state index contributed by atoms with van der Waals surface area (Å²) in [6.45, 7) is 5.80. The van der Waals surface area contributed by atoms with Crippen molar-refractivity contribution in [2.75, 3.05) is 26.2 Å². The van der Waals surface area contributed by atoms with Crippen LogP contribution in [0.1, 0.15) is 51.9 Å². The van der Waals surface area contributed by atoms with Crippen LogP contribution >= 0.6 is 0 Å². The molecule has 1 N–H and O–H groups in total. The van der Waals surface area contributed by atoms with Gasteiger partial charge in [-0.15, -0.1) is 0 Å². The van der Waals surface area contributed by atoms with Crippen LogP contribution in [0.5, 0.6) is 0 Å². The molecule has 1 saturated carbocycles. The molecule has 0 radical (unpaired) electrons. The van der Waals surface area contributed by atoms with Crippen LogP contribution < -0.4 is 5.32 Å². The summed E-state index contributed by atoms with van der Waals surface area (Å²) >= 11 is 0. The van der Waals surface area contributed by atoms with Crippen molar-refractivity contribution in [3.05, 3.63) is 0 Å². The number of nitrogens with one attached hydrogen (secondary N) is 1. The van der Waals surface area contributed by atoms with E-state index in [1.54, 1.807) is 0 Å². The van der Waals surface area contributed by atoms with Crippen LogP contribution in [0.2, 0.25) is 0 Å². The number of piperidine rings is 1. The summed E-state index contributed by atoms with van der Waals surface area (Å²) in [6.07, 6.45) is 9.20. The monoisotopic (exact) mass is 280 g/mol. The predicted octanol–water partition coefficient (Wildman–Crippen LogP) is 2.78. The van der Waals surface area contributed by atoms with Crippen molar-refractivity contribution >= 4 is 6.09 Å². The van der Waals surface area contributed by atoms with Gasteiger partial charge in [0.25, 0.3) is 0 Å². The van der Waals surface area contributed by atoms with Gasteiger partial charge in [0.05, 0.1) is 6.04 Å². The molecule has 1 atom stereocenters. The molecule has 1 unspecified atom stereocenters. The molecular weight excluding hydrogens is 252 g/mol. The second-order valence-electron chi connectivity index (χ2n) is 7.00. The summed E-state index contributed by atoms with van der Waals surface area (Å²) in [5, 5.41) is 3.49. The van der Waals surface area contributed by atoms with Gasteiger partial charge in [0.15, 0.2) is 0 Å². The topological polar surface area (TPSA) is 41.6 Å². The second kappa shape index (κ2) is 5.92. The number of carbonyl (C=O) groups excluding carboxylic acids is 1. The van der Waals surface area contributed by atoms with Gasteiger partial charge in [-0.3, -0.25) is 0 Å². The quantitative estimate of drug-likeness (QED) is 0.864. The molecule has 0 bridgehead atoms. The smallest absolute Gasteiger partial charge is 0.410 e. The Balaban J connectivity index is 1.76. The highest BCUT2D eigenvalue weighted by Crippen LogP contribution is 2.45. The Morgan fingerprint density at radius 3 is 2.55 bits per heavy atom. The minimum Gasteiger partial charge on any atom is -0.447 e. The van der Waals surface area contributed by atoms with E-state index in [9.17, 15) is 4.79 Å². The first kappa shape index (κ1) is 14.2. The number of rotatable bonds is 3. The van der Waals surface area contributed by atoms with E-state index in [2.05, 4.69) is 12.2 Å². The molecule has 3 rings (SSSR count). The first-order valence-corrected chi connectivity index (χ1v) is 8.35. The SMILES string of the molecule is CC1COC(=O)N1CC1(C2CCCCC2)CCNCC1. The third-order valence-electron chi connectivity index (χ3n) is 5.77. The molecule has 3 fully saturated rings. The summed E-state index contributed by atoms with van der Waals surface area (Å²) in [4.78, 5) is 14.0. The highest BCUT2D eigenvalue weighted by molar-refractivity contribution is 5.70. The van der Waals surface area contributed by atoms with Gasteiger partial charge in [-0.25, -0.2) is 4.79 Å². The summed E-state index contributed by atoms with van der Waals surface area (Å²) < 4.78 is 5.22. The van der Waals surface area contributed by atoms with Crippen molar-refractivity contribution in [1.82, 2.24) is 10.2 Å². The minimum atomic E-state index is -0.0915. The summed E-state index contributed by atoms with van der Waals surface area (Å²) in [7, 11) is 0. The molecule has 3 aliphatic rings. The maximum atomic E-state index is 12.0. The zero-order valence-corrected chi connectivity index (χ0v) is 12.7. The molecule has 2 saturated heterocycles. The Hall–Kier alpha value is -0.770. The van der Waals surface area contributed by atoms with Crippen molar-refractivity contribution < 1.29 is 9.53 Å². The van der Waals surface area contributed by atoms with Gasteiger partial charge in [0, 0.05) is 6.54 Å². The van der Waals surface area contributed by atoms with E-state index in [0.717, 1.165) is 25.6 Å². The zero-order valence-electron chi connectivity index (χ0n) is 12.7. The Kier molecular flexibility index (Phi) is 4.20.